The Morgan fingerprint density at radius 3 is 2.74 bits per heavy atom. The second kappa shape index (κ2) is 8.42. The lowest BCUT2D eigenvalue weighted by atomic mass is 10.1. The smallest absolute Gasteiger partial charge is 0.256 e. The zero-order valence-electron chi connectivity index (χ0n) is 14.8. The van der Waals surface area contributed by atoms with Gasteiger partial charge in [0.25, 0.3) is 5.56 Å². The first-order chi connectivity index (χ1) is 13.2. The first-order valence-electron chi connectivity index (χ1n) is 8.93. The summed E-state index contributed by atoms with van der Waals surface area (Å²) in [5.74, 6) is 0.779. The average molecular weight is 442 g/mol. The minimum absolute atomic E-state index is 0.00509. The van der Waals surface area contributed by atoms with E-state index in [1.54, 1.807) is 11.8 Å². The van der Waals surface area contributed by atoms with Gasteiger partial charge in [0, 0.05) is 36.3 Å². The van der Waals surface area contributed by atoms with E-state index in [1.165, 1.54) is 11.1 Å². The Labute approximate surface area is 171 Å². The fourth-order valence-corrected chi connectivity index (χ4v) is 4.55. The molecule has 2 heterocycles. The quantitative estimate of drug-likeness (QED) is 0.471. The largest absolute Gasteiger partial charge is 0.301 e. The Bertz CT molecular complexity index is 990. The van der Waals surface area contributed by atoms with Crippen LogP contribution in [0.1, 0.15) is 22.4 Å². The number of rotatable bonds is 5. The van der Waals surface area contributed by atoms with E-state index in [4.69, 9.17) is 4.98 Å². The molecular formula is C21H20BrN3OS. The van der Waals surface area contributed by atoms with Crippen molar-refractivity contribution >= 4 is 27.7 Å². The predicted molar refractivity (Wildman–Crippen MR) is 113 cm³/mol. The van der Waals surface area contributed by atoms with E-state index in [0.717, 1.165) is 41.0 Å². The van der Waals surface area contributed by atoms with Crippen molar-refractivity contribution in [3.05, 3.63) is 91.8 Å². The van der Waals surface area contributed by atoms with Crippen LogP contribution in [0, 0.1) is 0 Å². The van der Waals surface area contributed by atoms with Gasteiger partial charge in [-0.2, -0.15) is 0 Å². The molecule has 1 aliphatic rings. The molecule has 6 heteroatoms. The molecule has 0 spiro atoms. The Morgan fingerprint density at radius 2 is 1.93 bits per heavy atom. The summed E-state index contributed by atoms with van der Waals surface area (Å²) in [7, 11) is 0. The molecule has 3 aromatic rings. The van der Waals surface area contributed by atoms with E-state index in [1.807, 2.05) is 18.2 Å². The molecule has 0 atom stereocenters. The molecule has 4 nitrogen and oxygen atoms in total. The summed E-state index contributed by atoms with van der Waals surface area (Å²) in [6, 6.07) is 18.6. The van der Waals surface area contributed by atoms with Crippen LogP contribution in [0.15, 0.2) is 69.0 Å². The molecule has 1 N–H and O–H groups in total. The molecule has 0 amide bonds. The molecule has 138 valence electrons. The van der Waals surface area contributed by atoms with Gasteiger partial charge in [0.15, 0.2) is 5.16 Å². The zero-order chi connectivity index (χ0) is 18.6. The van der Waals surface area contributed by atoms with Gasteiger partial charge in [0.2, 0.25) is 0 Å². The zero-order valence-corrected chi connectivity index (χ0v) is 17.2. The van der Waals surface area contributed by atoms with Crippen LogP contribution < -0.4 is 5.56 Å². The van der Waals surface area contributed by atoms with Crippen molar-refractivity contribution in [1.29, 1.82) is 0 Å². The van der Waals surface area contributed by atoms with Gasteiger partial charge < -0.3 is 4.98 Å². The normalized spacial score (nSPS) is 14.1. The molecule has 0 saturated heterocycles. The number of halogens is 1. The number of nitrogens with one attached hydrogen (secondary N) is 1. The molecule has 0 aliphatic carbocycles. The molecule has 27 heavy (non-hydrogen) atoms. The summed E-state index contributed by atoms with van der Waals surface area (Å²) >= 11 is 5.06. The topological polar surface area (TPSA) is 49.0 Å². The lowest BCUT2D eigenvalue weighted by molar-refractivity contribution is 0.241. The Morgan fingerprint density at radius 1 is 1.11 bits per heavy atom. The third-order valence-electron chi connectivity index (χ3n) is 4.64. The van der Waals surface area contributed by atoms with Crippen molar-refractivity contribution in [2.45, 2.75) is 30.4 Å². The molecule has 4 rings (SSSR count). The summed E-state index contributed by atoms with van der Waals surface area (Å²) in [6.07, 6.45) is 0.816. The van der Waals surface area contributed by atoms with E-state index in [0.29, 0.717) is 11.7 Å². The lowest BCUT2D eigenvalue weighted by Gasteiger charge is -2.27. The highest BCUT2D eigenvalue weighted by Crippen LogP contribution is 2.23. The molecular weight excluding hydrogens is 422 g/mol. The van der Waals surface area contributed by atoms with E-state index in [9.17, 15) is 4.79 Å². The standard InChI is InChI=1S/C21H20BrN3OS/c22-17-8-4-7-16(11-17)14-27-21-23-19-9-10-25(13-18(19)20(26)24-21)12-15-5-2-1-3-6-15/h1-8,11H,9-10,12-14H2,(H,23,24,26). The third kappa shape index (κ3) is 4.69. The number of aromatic amines is 1. The van der Waals surface area contributed by atoms with Crippen LogP contribution >= 0.6 is 27.7 Å². The lowest BCUT2D eigenvalue weighted by Crippen LogP contribution is -2.35. The molecule has 0 fully saturated rings. The molecule has 1 aliphatic heterocycles. The number of thioether (sulfide) groups is 1. The van der Waals surface area contributed by atoms with Gasteiger partial charge in [-0.1, -0.05) is 70.2 Å². The van der Waals surface area contributed by atoms with Crippen molar-refractivity contribution in [3.8, 4) is 0 Å². The van der Waals surface area contributed by atoms with Gasteiger partial charge in [-0.15, -0.1) is 0 Å². The number of H-pyrrole nitrogens is 1. The van der Waals surface area contributed by atoms with Crippen LogP contribution in [-0.2, 0) is 25.3 Å². The van der Waals surface area contributed by atoms with Crippen LogP contribution in [0.25, 0.3) is 0 Å². The number of benzene rings is 2. The van der Waals surface area contributed by atoms with Gasteiger partial charge in [-0.25, -0.2) is 4.98 Å². The van der Waals surface area contributed by atoms with E-state index < -0.39 is 0 Å². The monoisotopic (exact) mass is 441 g/mol. The first kappa shape index (κ1) is 18.5. The van der Waals surface area contributed by atoms with Crippen molar-refractivity contribution < 1.29 is 0 Å². The number of nitrogens with zero attached hydrogens (tertiary/aromatic N) is 2. The highest BCUT2D eigenvalue weighted by atomic mass is 79.9. The second-order valence-electron chi connectivity index (χ2n) is 6.66. The van der Waals surface area contributed by atoms with Crippen LogP contribution in [0.4, 0.5) is 0 Å². The van der Waals surface area contributed by atoms with Crippen LogP contribution in [0.2, 0.25) is 0 Å². The fourth-order valence-electron chi connectivity index (χ4n) is 3.28. The minimum Gasteiger partial charge on any atom is -0.301 e. The summed E-state index contributed by atoms with van der Waals surface area (Å²) in [4.78, 5) is 22.6. The predicted octanol–water partition coefficient (Wildman–Crippen LogP) is 4.38. The van der Waals surface area contributed by atoms with Crippen molar-refractivity contribution in [2.75, 3.05) is 6.54 Å². The highest BCUT2D eigenvalue weighted by Gasteiger charge is 2.21. The van der Waals surface area contributed by atoms with Crippen LogP contribution in [-0.4, -0.2) is 21.4 Å². The van der Waals surface area contributed by atoms with E-state index in [2.05, 4.69) is 62.2 Å². The summed E-state index contributed by atoms with van der Waals surface area (Å²) in [5, 5.41) is 0.704. The van der Waals surface area contributed by atoms with Crippen molar-refractivity contribution in [2.24, 2.45) is 0 Å². The van der Waals surface area contributed by atoms with Crippen molar-refractivity contribution in [3.63, 3.8) is 0 Å². The minimum atomic E-state index is -0.00509. The molecule has 0 radical (unpaired) electrons. The van der Waals surface area contributed by atoms with Gasteiger partial charge in [-0.3, -0.25) is 9.69 Å². The number of hydrogen-bond acceptors (Lipinski definition) is 4. The van der Waals surface area contributed by atoms with E-state index in [-0.39, 0.29) is 5.56 Å². The molecule has 2 aromatic carbocycles. The molecule has 1 aromatic heterocycles. The maximum Gasteiger partial charge on any atom is 0.256 e. The van der Waals surface area contributed by atoms with Gasteiger partial charge in [0.05, 0.1) is 11.3 Å². The summed E-state index contributed by atoms with van der Waals surface area (Å²) < 4.78 is 1.06. The highest BCUT2D eigenvalue weighted by molar-refractivity contribution is 9.10. The fraction of sp³-hybridized carbons (Fsp3) is 0.238. The maximum atomic E-state index is 12.6. The van der Waals surface area contributed by atoms with Gasteiger partial charge >= 0.3 is 0 Å². The Balaban J connectivity index is 1.45. The SMILES string of the molecule is O=c1[nH]c(SCc2cccc(Br)c2)nc2c1CN(Cc1ccccc1)CC2. The summed E-state index contributed by atoms with van der Waals surface area (Å²) in [6.45, 7) is 2.44. The molecule has 0 saturated carbocycles. The molecule has 0 unspecified atom stereocenters. The maximum absolute atomic E-state index is 12.6. The van der Waals surface area contributed by atoms with Crippen LogP contribution in [0.3, 0.4) is 0 Å². The number of fused-ring (bicyclic) bond motifs is 1. The van der Waals surface area contributed by atoms with Crippen molar-refractivity contribution in [1.82, 2.24) is 14.9 Å². The van der Waals surface area contributed by atoms with Gasteiger partial charge in [0.1, 0.15) is 0 Å². The summed E-state index contributed by atoms with van der Waals surface area (Å²) in [5.41, 5.74) is 4.22. The molecule has 0 bridgehead atoms. The van der Waals surface area contributed by atoms with E-state index >= 15 is 0 Å². The second-order valence-corrected chi connectivity index (χ2v) is 8.54. The van der Waals surface area contributed by atoms with Crippen LogP contribution in [0.5, 0.6) is 0 Å². The Hall–Kier alpha value is -1.89. The third-order valence-corrected chi connectivity index (χ3v) is 6.08. The first-order valence-corrected chi connectivity index (χ1v) is 10.7. The number of hydrogen-bond donors (Lipinski definition) is 1. The average Bonchev–Trinajstić information content (AvgIpc) is 2.68. The number of aromatic nitrogens is 2. The van der Waals surface area contributed by atoms with Gasteiger partial charge in [-0.05, 0) is 23.3 Å². The Kier molecular flexibility index (Phi) is 5.76.